The number of hydrogen-bond donors (Lipinski definition) is 1. The highest BCUT2D eigenvalue weighted by molar-refractivity contribution is 5.94. The highest BCUT2D eigenvalue weighted by Crippen LogP contribution is 2.23. The van der Waals surface area contributed by atoms with Gasteiger partial charge in [0.2, 0.25) is 5.91 Å². The quantitative estimate of drug-likeness (QED) is 0.611. The zero-order valence-electron chi connectivity index (χ0n) is 19.6. The maximum atomic E-state index is 13.1. The third-order valence-corrected chi connectivity index (χ3v) is 6.97. The van der Waals surface area contributed by atoms with Crippen molar-refractivity contribution in [1.29, 1.82) is 0 Å². The standard InChI is InChI=1S/C28H29FN4O2/c29-25-8-6-23(7-9-25)28(35)32-14-12-22(13-15-32)27(34)31-18-20-5-10-26(30-17-20)33-16-11-21-3-1-2-4-24(21)19-33/h1-10,17,22H,11-16,18-19H2,(H,31,34). The molecular formula is C28H29FN4O2. The Morgan fingerprint density at radius 1 is 0.943 bits per heavy atom. The van der Waals surface area contributed by atoms with Crippen LogP contribution in [-0.4, -0.2) is 41.3 Å². The second-order valence-corrected chi connectivity index (χ2v) is 9.26. The van der Waals surface area contributed by atoms with E-state index < -0.39 is 0 Å². The van der Waals surface area contributed by atoms with Crippen LogP contribution in [0.2, 0.25) is 0 Å². The van der Waals surface area contributed by atoms with Crippen molar-refractivity contribution in [2.75, 3.05) is 24.5 Å². The molecule has 1 saturated heterocycles. The molecule has 0 saturated carbocycles. The summed E-state index contributed by atoms with van der Waals surface area (Å²) in [6.07, 6.45) is 4.09. The Bertz CT molecular complexity index is 1190. The van der Waals surface area contributed by atoms with E-state index in [1.54, 1.807) is 4.90 Å². The van der Waals surface area contributed by atoms with Gasteiger partial charge in [0.1, 0.15) is 11.6 Å². The van der Waals surface area contributed by atoms with Crippen LogP contribution in [0.15, 0.2) is 66.9 Å². The van der Waals surface area contributed by atoms with Crippen LogP contribution < -0.4 is 10.2 Å². The second kappa shape index (κ2) is 10.3. The van der Waals surface area contributed by atoms with Crippen LogP contribution in [0.5, 0.6) is 0 Å². The number of aromatic nitrogens is 1. The molecule has 0 spiro atoms. The SMILES string of the molecule is O=C(NCc1ccc(N2CCc3ccccc3C2)nc1)C1CCN(C(=O)c2ccc(F)cc2)CC1. The van der Waals surface area contributed by atoms with Gasteiger partial charge >= 0.3 is 0 Å². The Labute approximate surface area is 204 Å². The molecule has 3 heterocycles. The lowest BCUT2D eigenvalue weighted by molar-refractivity contribution is -0.126. The first-order valence-electron chi connectivity index (χ1n) is 12.2. The van der Waals surface area contributed by atoms with Crippen molar-refractivity contribution >= 4 is 17.6 Å². The molecule has 7 heteroatoms. The van der Waals surface area contributed by atoms with Crippen LogP contribution in [0, 0.1) is 11.7 Å². The summed E-state index contributed by atoms with van der Waals surface area (Å²) < 4.78 is 13.1. The average molecular weight is 473 g/mol. The lowest BCUT2D eigenvalue weighted by Crippen LogP contribution is -2.42. The number of carbonyl (C=O) groups excluding carboxylic acids is 2. The van der Waals surface area contributed by atoms with Crippen LogP contribution in [0.25, 0.3) is 0 Å². The Kier molecular flexibility index (Phi) is 6.75. The van der Waals surface area contributed by atoms with Crippen molar-refractivity contribution in [3.63, 3.8) is 0 Å². The number of piperidine rings is 1. The third kappa shape index (κ3) is 5.34. The van der Waals surface area contributed by atoms with Crippen LogP contribution in [0.4, 0.5) is 10.2 Å². The Hall–Kier alpha value is -3.74. The van der Waals surface area contributed by atoms with Crippen LogP contribution >= 0.6 is 0 Å². The number of fused-ring (bicyclic) bond motifs is 1. The smallest absolute Gasteiger partial charge is 0.253 e. The number of rotatable bonds is 5. The number of nitrogens with one attached hydrogen (secondary N) is 1. The first-order valence-corrected chi connectivity index (χ1v) is 12.2. The molecule has 0 unspecified atom stereocenters. The highest BCUT2D eigenvalue weighted by atomic mass is 19.1. The van der Waals surface area contributed by atoms with Gasteiger partial charge in [0.15, 0.2) is 0 Å². The van der Waals surface area contributed by atoms with Gasteiger partial charge in [-0.1, -0.05) is 30.3 Å². The van der Waals surface area contributed by atoms with Gasteiger partial charge in [-0.2, -0.15) is 0 Å². The van der Waals surface area contributed by atoms with Gasteiger partial charge in [0.25, 0.3) is 5.91 Å². The van der Waals surface area contributed by atoms with Crippen molar-refractivity contribution < 1.29 is 14.0 Å². The van der Waals surface area contributed by atoms with Crippen molar-refractivity contribution in [1.82, 2.24) is 15.2 Å². The number of benzene rings is 2. The van der Waals surface area contributed by atoms with Crippen molar-refractivity contribution in [3.8, 4) is 0 Å². The zero-order chi connectivity index (χ0) is 24.2. The molecule has 3 aromatic rings. The summed E-state index contributed by atoms with van der Waals surface area (Å²) in [4.78, 5) is 33.9. The fourth-order valence-electron chi connectivity index (χ4n) is 4.85. The highest BCUT2D eigenvalue weighted by Gasteiger charge is 2.27. The molecule has 1 N–H and O–H groups in total. The maximum Gasteiger partial charge on any atom is 0.253 e. The van der Waals surface area contributed by atoms with Gasteiger partial charge in [-0.3, -0.25) is 9.59 Å². The van der Waals surface area contributed by atoms with E-state index in [4.69, 9.17) is 0 Å². The molecule has 2 aliphatic rings. The number of amides is 2. The van der Waals surface area contributed by atoms with Crippen LogP contribution in [0.3, 0.4) is 0 Å². The predicted octanol–water partition coefficient (Wildman–Crippen LogP) is 3.95. The molecule has 0 atom stereocenters. The number of pyridine rings is 1. The molecule has 1 fully saturated rings. The Morgan fingerprint density at radius 2 is 1.69 bits per heavy atom. The molecule has 35 heavy (non-hydrogen) atoms. The van der Waals surface area contributed by atoms with Gasteiger partial charge in [0, 0.05) is 50.4 Å². The fourth-order valence-corrected chi connectivity index (χ4v) is 4.85. The van der Waals surface area contributed by atoms with Gasteiger partial charge < -0.3 is 15.1 Å². The number of likely N-dealkylation sites (tertiary alicyclic amines) is 1. The number of hydrogen-bond acceptors (Lipinski definition) is 4. The first kappa shape index (κ1) is 23.0. The second-order valence-electron chi connectivity index (χ2n) is 9.26. The topological polar surface area (TPSA) is 65.5 Å². The summed E-state index contributed by atoms with van der Waals surface area (Å²) in [6.45, 7) is 3.28. The van der Waals surface area contributed by atoms with E-state index in [9.17, 15) is 14.0 Å². The fraction of sp³-hybridized carbons (Fsp3) is 0.321. The average Bonchev–Trinajstić information content (AvgIpc) is 2.92. The summed E-state index contributed by atoms with van der Waals surface area (Å²) in [5, 5.41) is 3.03. The molecule has 2 aliphatic heterocycles. The molecular weight excluding hydrogens is 443 g/mol. The van der Waals surface area contributed by atoms with E-state index in [0.29, 0.717) is 38.0 Å². The molecule has 2 aromatic carbocycles. The molecule has 0 radical (unpaired) electrons. The van der Waals surface area contributed by atoms with Crippen molar-refractivity contribution in [2.24, 2.45) is 5.92 Å². The summed E-state index contributed by atoms with van der Waals surface area (Å²) in [6, 6.07) is 18.2. The van der Waals surface area contributed by atoms with Crippen molar-refractivity contribution in [3.05, 3.63) is 94.9 Å². The van der Waals surface area contributed by atoms with Gasteiger partial charge in [-0.25, -0.2) is 9.37 Å². The molecule has 5 rings (SSSR count). The monoisotopic (exact) mass is 472 g/mol. The molecule has 180 valence electrons. The van der Waals surface area contributed by atoms with E-state index in [1.165, 1.54) is 35.4 Å². The minimum Gasteiger partial charge on any atom is -0.352 e. The Morgan fingerprint density at radius 3 is 2.40 bits per heavy atom. The first-order chi connectivity index (χ1) is 17.1. The molecule has 0 bridgehead atoms. The summed E-state index contributed by atoms with van der Waals surface area (Å²) in [7, 11) is 0. The van der Waals surface area contributed by atoms with Gasteiger partial charge in [-0.15, -0.1) is 0 Å². The molecule has 1 aromatic heterocycles. The summed E-state index contributed by atoms with van der Waals surface area (Å²) in [5.74, 6) is 0.363. The Balaban J connectivity index is 1.09. The number of halogens is 1. The summed E-state index contributed by atoms with van der Waals surface area (Å²) >= 11 is 0. The molecule has 2 amide bonds. The minimum absolute atomic E-state index is 0.00981. The minimum atomic E-state index is -0.362. The van der Waals surface area contributed by atoms with Crippen LogP contribution in [0.1, 0.15) is 39.9 Å². The van der Waals surface area contributed by atoms with Crippen molar-refractivity contribution in [2.45, 2.75) is 32.4 Å². The largest absolute Gasteiger partial charge is 0.352 e. The predicted molar refractivity (Wildman–Crippen MR) is 132 cm³/mol. The molecule has 6 nitrogen and oxygen atoms in total. The summed E-state index contributed by atoms with van der Waals surface area (Å²) in [5.41, 5.74) is 4.19. The maximum absolute atomic E-state index is 13.1. The van der Waals surface area contributed by atoms with E-state index in [0.717, 1.165) is 30.9 Å². The number of nitrogens with zero attached hydrogens (tertiary/aromatic N) is 3. The van der Waals surface area contributed by atoms with Gasteiger partial charge in [-0.05, 0) is 66.3 Å². The lowest BCUT2D eigenvalue weighted by atomic mass is 9.95. The number of carbonyl (C=O) groups is 2. The van der Waals surface area contributed by atoms with E-state index >= 15 is 0 Å². The van der Waals surface area contributed by atoms with E-state index in [1.807, 2.05) is 18.3 Å². The van der Waals surface area contributed by atoms with Crippen LogP contribution in [-0.2, 0) is 24.3 Å². The van der Waals surface area contributed by atoms with Gasteiger partial charge in [0.05, 0.1) is 0 Å². The zero-order valence-corrected chi connectivity index (χ0v) is 19.6. The lowest BCUT2D eigenvalue weighted by Gasteiger charge is -2.31. The van der Waals surface area contributed by atoms with E-state index in [2.05, 4.69) is 39.5 Å². The third-order valence-electron chi connectivity index (χ3n) is 6.97. The number of anilines is 1. The normalized spacial score (nSPS) is 16.0. The van der Waals surface area contributed by atoms with E-state index in [-0.39, 0.29) is 23.5 Å². The molecule has 0 aliphatic carbocycles.